The summed E-state index contributed by atoms with van der Waals surface area (Å²) in [6, 6.07) is 7.39. The van der Waals surface area contributed by atoms with E-state index in [2.05, 4.69) is 20.1 Å². The number of halogens is 1. The van der Waals surface area contributed by atoms with E-state index in [-0.39, 0.29) is 5.82 Å². The van der Waals surface area contributed by atoms with Gasteiger partial charge in [-0.25, -0.2) is 9.37 Å². The van der Waals surface area contributed by atoms with E-state index in [9.17, 15) is 4.39 Å². The highest BCUT2D eigenvalue weighted by Gasteiger charge is 2.16. The van der Waals surface area contributed by atoms with Crippen LogP contribution in [-0.2, 0) is 11.2 Å². The number of hydrogen-bond acceptors (Lipinski definition) is 4. The van der Waals surface area contributed by atoms with E-state index in [0.717, 1.165) is 48.8 Å². The molecule has 1 aliphatic rings. The van der Waals surface area contributed by atoms with Gasteiger partial charge < -0.3 is 9.64 Å². The van der Waals surface area contributed by atoms with Crippen molar-refractivity contribution in [2.24, 2.45) is 0 Å². The normalized spacial score (nSPS) is 15.2. The zero-order valence-electron chi connectivity index (χ0n) is 13.6. The molecule has 2 aromatic heterocycles. The van der Waals surface area contributed by atoms with Gasteiger partial charge in [0.1, 0.15) is 17.3 Å². The van der Waals surface area contributed by atoms with Crippen LogP contribution in [0.4, 0.5) is 10.2 Å². The van der Waals surface area contributed by atoms with Crippen molar-refractivity contribution >= 4 is 16.7 Å². The van der Waals surface area contributed by atoms with Crippen molar-refractivity contribution in [2.45, 2.75) is 13.3 Å². The average Bonchev–Trinajstić information content (AvgIpc) is 3.04. The number of anilines is 1. The van der Waals surface area contributed by atoms with Gasteiger partial charge in [-0.15, -0.1) is 0 Å². The molecule has 5 nitrogen and oxygen atoms in total. The number of aromatic amines is 1. The molecule has 3 aromatic rings. The summed E-state index contributed by atoms with van der Waals surface area (Å²) in [6.45, 7) is 5.06. The van der Waals surface area contributed by atoms with Gasteiger partial charge in [-0.05, 0) is 36.2 Å². The second-order valence-electron chi connectivity index (χ2n) is 5.92. The van der Waals surface area contributed by atoms with Crippen LogP contribution in [0.1, 0.15) is 12.5 Å². The Hall–Kier alpha value is -2.47. The molecule has 24 heavy (non-hydrogen) atoms. The number of hydrogen-bond donors (Lipinski definition) is 1. The van der Waals surface area contributed by atoms with Crippen LogP contribution >= 0.6 is 0 Å². The molecular weight excluding hydrogens is 307 g/mol. The molecule has 0 bridgehead atoms. The van der Waals surface area contributed by atoms with Crippen molar-refractivity contribution in [2.75, 3.05) is 31.2 Å². The summed E-state index contributed by atoms with van der Waals surface area (Å²) in [6.07, 6.45) is 2.45. The Morgan fingerprint density at radius 1 is 1.25 bits per heavy atom. The lowest BCUT2D eigenvalue weighted by Crippen LogP contribution is -2.36. The standard InChI is InChI=1S/C18H19FN4O/c1-2-12-9-14-16(11-15(12)19)21-22-18(14)13-3-4-20-17(10-13)23-5-7-24-8-6-23/h3-4,9-11H,2,5-8H2,1H3,(H,21,22). The largest absolute Gasteiger partial charge is 0.378 e. The zero-order chi connectivity index (χ0) is 16.5. The number of aromatic nitrogens is 3. The number of fused-ring (bicyclic) bond motifs is 1. The van der Waals surface area contributed by atoms with Crippen LogP contribution in [0.3, 0.4) is 0 Å². The van der Waals surface area contributed by atoms with E-state index >= 15 is 0 Å². The number of pyridine rings is 1. The van der Waals surface area contributed by atoms with Gasteiger partial charge in [0.05, 0.1) is 18.7 Å². The molecule has 1 N–H and O–H groups in total. The predicted octanol–water partition coefficient (Wildman–Crippen LogP) is 3.16. The van der Waals surface area contributed by atoms with Crippen molar-refractivity contribution in [1.82, 2.24) is 15.2 Å². The van der Waals surface area contributed by atoms with Crippen molar-refractivity contribution in [3.63, 3.8) is 0 Å². The minimum absolute atomic E-state index is 0.191. The van der Waals surface area contributed by atoms with Gasteiger partial charge in [-0.1, -0.05) is 6.92 Å². The lowest BCUT2D eigenvalue weighted by molar-refractivity contribution is 0.122. The third-order valence-corrected chi connectivity index (χ3v) is 4.46. The molecule has 4 rings (SSSR count). The first-order valence-corrected chi connectivity index (χ1v) is 8.22. The molecule has 1 saturated heterocycles. The maximum Gasteiger partial charge on any atom is 0.129 e. The first-order chi connectivity index (χ1) is 11.8. The summed E-state index contributed by atoms with van der Waals surface area (Å²) in [5.41, 5.74) is 3.22. The quantitative estimate of drug-likeness (QED) is 0.803. The van der Waals surface area contributed by atoms with Gasteiger partial charge in [0.2, 0.25) is 0 Å². The highest BCUT2D eigenvalue weighted by atomic mass is 19.1. The summed E-state index contributed by atoms with van der Waals surface area (Å²) in [5.74, 6) is 0.730. The smallest absolute Gasteiger partial charge is 0.129 e. The highest BCUT2D eigenvalue weighted by Crippen LogP contribution is 2.30. The summed E-state index contributed by atoms with van der Waals surface area (Å²) >= 11 is 0. The maximum atomic E-state index is 14.0. The van der Waals surface area contributed by atoms with Gasteiger partial charge >= 0.3 is 0 Å². The number of morpholine rings is 1. The molecular formula is C18H19FN4O. The molecule has 6 heteroatoms. The topological polar surface area (TPSA) is 54.0 Å². The van der Waals surface area contributed by atoms with E-state index in [4.69, 9.17) is 4.74 Å². The van der Waals surface area contributed by atoms with Gasteiger partial charge in [0, 0.05) is 30.2 Å². The van der Waals surface area contributed by atoms with E-state index in [1.54, 1.807) is 6.20 Å². The van der Waals surface area contributed by atoms with Crippen LogP contribution in [-0.4, -0.2) is 41.5 Å². The third-order valence-electron chi connectivity index (χ3n) is 4.46. The van der Waals surface area contributed by atoms with Gasteiger partial charge in [-0.3, -0.25) is 5.10 Å². The van der Waals surface area contributed by atoms with Crippen LogP contribution in [0.25, 0.3) is 22.2 Å². The lowest BCUT2D eigenvalue weighted by atomic mass is 10.0. The van der Waals surface area contributed by atoms with Crippen LogP contribution in [0.2, 0.25) is 0 Å². The van der Waals surface area contributed by atoms with Crippen LogP contribution in [0.5, 0.6) is 0 Å². The minimum Gasteiger partial charge on any atom is -0.378 e. The summed E-state index contributed by atoms with van der Waals surface area (Å²) < 4.78 is 19.4. The third kappa shape index (κ3) is 2.63. The molecule has 0 radical (unpaired) electrons. The molecule has 0 amide bonds. The van der Waals surface area contributed by atoms with Gasteiger partial charge in [-0.2, -0.15) is 5.10 Å². The molecule has 1 aromatic carbocycles. The van der Waals surface area contributed by atoms with Gasteiger partial charge in [0.25, 0.3) is 0 Å². The number of benzene rings is 1. The Kier molecular flexibility index (Phi) is 3.90. The van der Waals surface area contributed by atoms with E-state index in [1.807, 2.05) is 25.1 Å². The Morgan fingerprint density at radius 2 is 2.08 bits per heavy atom. The Bertz CT molecular complexity index is 871. The van der Waals surface area contributed by atoms with E-state index in [0.29, 0.717) is 17.5 Å². The van der Waals surface area contributed by atoms with Crippen molar-refractivity contribution in [3.05, 3.63) is 41.8 Å². The fourth-order valence-electron chi connectivity index (χ4n) is 3.10. The summed E-state index contributed by atoms with van der Waals surface area (Å²) in [7, 11) is 0. The number of rotatable bonds is 3. The van der Waals surface area contributed by atoms with Crippen molar-refractivity contribution < 1.29 is 9.13 Å². The van der Waals surface area contributed by atoms with E-state index in [1.165, 1.54) is 6.07 Å². The monoisotopic (exact) mass is 326 g/mol. The summed E-state index contributed by atoms with van der Waals surface area (Å²) in [4.78, 5) is 6.68. The Morgan fingerprint density at radius 3 is 2.88 bits per heavy atom. The minimum atomic E-state index is -0.191. The molecule has 1 aliphatic heterocycles. The van der Waals surface area contributed by atoms with E-state index < -0.39 is 0 Å². The predicted molar refractivity (Wildman–Crippen MR) is 91.7 cm³/mol. The molecule has 0 saturated carbocycles. The van der Waals surface area contributed by atoms with Gasteiger partial charge in [0.15, 0.2) is 0 Å². The molecule has 0 unspecified atom stereocenters. The molecule has 1 fully saturated rings. The van der Waals surface area contributed by atoms with Crippen molar-refractivity contribution in [3.8, 4) is 11.3 Å². The molecule has 0 atom stereocenters. The average molecular weight is 326 g/mol. The SMILES string of the molecule is CCc1cc2c(-c3ccnc(N4CCOCC4)c3)n[nH]c2cc1F. The van der Waals surface area contributed by atoms with Crippen LogP contribution in [0, 0.1) is 5.82 Å². The fourth-order valence-corrected chi connectivity index (χ4v) is 3.10. The summed E-state index contributed by atoms with van der Waals surface area (Å²) in [5, 5.41) is 8.28. The van der Waals surface area contributed by atoms with Crippen LogP contribution in [0.15, 0.2) is 30.5 Å². The molecule has 3 heterocycles. The maximum absolute atomic E-state index is 14.0. The lowest BCUT2D eigenvalue weighted by Gasteiger charge is -2.27. The Labute approximate surface area is 139 Å². The Balaban J connectivity index is 1.77. The number of ether oxygens (including phenoxy) is 1. The fraction of sp³-hybridized carbons (Fsp3) is 0.333. The van der Waals surface area contributed by atoms with Crippen molar-refractivity contribution in [1.29, 1.82) is 0 Å². The number of H-pyrrole nitrogens is 1. The van der Waals surface area contributed by atoms with Crippen LogP contribution < -0.4 is 4.90 Å². The molecule has 0 spiro atoms. The molecule has 124 valence electrons. The number of nitrogens with zero attached hydrogens (tertiary/aromatic N) is 3. The first-order valence-electron chi connectivity index (χ1n) is 8.22. The second-order valence-corrected chi connectivity index (χ2v) is 5.92. The second kappa shape index (κ2) is 6.20. The zero-order valence-corrected chi connectivity index (χ0v) is 13.6. The first kappa shape index (κ1) is 15.1. The number of nitrogens with one attached hydrogen (secondary N) is 1. The number of aryl methyl sites for hydroxylation is 1. The highest BCUT2D eigenvalue weighted by molar-refractivity contribution is 5.93. The molecule has 0 aliphatic carbocycles.